The third kappa shape index (κ3) is 5.42. The van der Waals surface area contributed by atoms with Crippen molar-refractivity contribution in [2.75, 3.05) is 31.6 Å². The van der Waals surface area contributed by atoms with E-state index in [1.165, 1.54) is 6.42 Å². The molecule has 4 N–H and O–H groups in total. The van der Waals surface area contributed by atoms with Crippen molar-refractivity contribution < 1.29 is 10.2 Å². The maximum Gasteiger partial charge on any atom is 0.191 e. The molecule has 7 heteroatoms. The van der Waals surface area contributed by atoms with Gasteiger partial charge in [0.1, 0.15) is 0 Å². The molecule has 1 saturated carbocycles. The van der Waals surface area contributed by atoms with Crippen LogP contribution in [0.3, 0.4) is 0 Å². The van der Waals surface area contributed by atoms with Crippen LogP contribution in [0.15, 0.2) is 4.99 Å². The van der Waals surface area contributed by atoms with E-state index in [-0.39, 0.29) is 35.5 Å². The Balaban J connectivity index is 0.00000242. The second-order valence-electron chi connectivity index (χ2n) is 6.72. The van der Waals surface area contributed by atoms with Crippen LogP contribution in [0, 0.1) is 5.41 Å². The number of hydrogen-bond acceptors (Lipinski definition) is 4. The van der Waals surface area contributed by atoms with Crippen molar-refractivity contribution in [1.82, 2.24) is 10.6 Å². The average Bonchev–Trinajstić information content (AvgIpc) is 2.90. The van der Waals surface area contributed by atoms with Crippen LogP contribution < -0.4 is 10.6 Å². The van der Waals surface area contributed by atoms with Gasteiger partial charge in [0, 0.05) is 31.3 Å². The molecule has 0 aromatic rings. The molecule has 1 heterocycles. The zero-order valence-electron chi connectivity index (χ0n) is 13.6. The number of aliphatic hydroxyl groups excluding tert-OH is 1. The summed E-state index contributed by atoms with van der Waals surface area (Å²) in [6, 6.07) is 0. The Morgan fingerprint density at radius 2 is 2.00 bits per heavy atom. The third-order valence-corrected chi connectivity index (χ3v) is 6.06. The SMILES string of the molecule is CN=C(NCC1(O)CCSC1)NCC1(C)CCCCC1O.I. The molecule has 1 aliphatic carbocycles. The van der Waals surface area contributed by atoms with Crippen molar-refractivity contribution in [3.05, 3.63) is 0 Å². The summed E-state index contributed by atoms with van der Waals surface area (Å²) in [5, 5.41) is 27.1. The number of hydrogen-bond donors (Lipinski definition) is 4. The molecule has 2 aliphatic rings. The van der Waals surface area contributed by atoms with Crippen LogP contribution in [0.25, 0.3) is 0 Å². The van der Waals surface area contributed by atoms with E-state index in [2.05, 4.69) is 22.5 Å². The molecule has 5 nitrogen and oxygen atoms in total. The molecule has 0 bridgehead atoms. The predicted molar refractivity (Wildman–Crippen MR) is 104 cm³/mol. The maximum absolute atomic E-state index is 10.3. The van der Waals surface area contributed by atoms with Gasteiger partial charge in [-0.05, 0) is 25.0 Å². The van der Waals surface area contributed by atoms with E-state index in [9.17, 15) is 10.2 Å². The Morgan fingerprint density at radius 3 is 2.59 bits per heavy atom. The van der Waals surface area contributed by atoms with Gasteiger partial charge in [0.05, 0.1) is 11.7 Å². The first kappa shape index (κ1) is 20.3. The van der Waals surface area contributed by atoms with Gasteiger partial charge in [-0.25, -0.2) is 0 Å². The van der Waals surface area contributed by atoms with E-state index >= 15 is 0 Å². The summed E-state index contributed by atoms with van der Waals surface area (Å²) >= 11 is 1.79. The molecule has 2 rings (SSSR count). The molecule has 0 radical (unpaired) electrons. The molecule has 2 fully saturated rings. The Labute approximate surface area is 155 Å². The average molecular weight is 443 g/mol. The molecule has 0 aromatic heterocycles. The standard InChI is InChI=1S/C15H29N3O2S.HI/c1-14(6-4-3-5-12(14)19)9-17-13(16-2)18-10-15(20)7-8-21-11-15;/h12,19-20H,3-11H2,1-2H3,(H2,16,17,18);1H. The minimum atomic E-state index is -0.615. The highest BCUT2D eigenvalue weighted by Crippen LogP contribution is 2.35. The number of nitrogens with zero attached hydrogens (tertiary/aromatic N) is 1. The highest BCUT2D eigenvalue weighted by molar-refractivity contribution is 14.0. The first-order chi connectivity index (χ1) is 9.97. The number of rotatable bonds is 4. The second-order valence-corrected chi connectivity index (χ2v) is 7.83. The van der Waals surface area contributed by atoms with Crippen molar-refractivity contribution in [2.45, 2.75) is 50.7 Å². The Morgan fingerprint density at radius 1 is 1.27 bits per heavy atom. The normalized spacial score (nSPS) is 35.8. The van der Waals surface area contributed by atoms with Crippen molar-refractivity contribution >= 4 is 41.7 Å². The van der Waals surface area contributed by atoms with Gasteiger partial charge in [-0.3, -0.25) is 4.99 Å². The molecule has 130 valence electrons. The Kier molecular flexibility index (Phi) is 8.25. The number of thioether (sulfide) groups is 1. The fraction of sp³-hybridized carbons (Fsp3) is 0.933. The summed E-state index contributed by atoms with van der Waals surface area (Å²) in [6.45, 7) is 3.37. The van der Waals surface area contributed by atoms with Crippen LogP contribution in [0.1, 0.15) is 39.0 Å². The number of aliphatic hydroxyl groups is 2. The van der Waals surface area contributed by atoms with Gasteiger partial charge in [0.15, 0.2) is 5.96 Å². The van der Waals surface area contributed by atoms with E-state index in [0.717, 1.165) is 37.2 Å². The zero-order valence-corrected chi connectivity index (χ0v) is 16.7. The summed E-state index contributed by atoms with van der Waals surface area (Å²) in [5.41, 5.74) is -0.702. The van der Waals surface area contributed by atoms with Gasteiger partial charge in [-0.1, -0.05) is 19.8 Å². The third-order valence-electron chi connectivity index (χ3n) is 4.83. The maximum atomic E-state index is 10.3. The minimum Gasteiger partial charge on any atom is -0.392 e. The number of guanidine groups is 1. The van der Waals surface area contributed by atoms with E-state index in [1.807, 2.05) is 0 Å². The number of aliphatic imine (C=N–C) groups is 1. The lowest BCUT2D eigenvalue weighted by Crippen LogP contribution is -2.51. The monoisotopic (exact) mass is 443 g/mol. The van der Waals surface area contributed by atoms with Gasteiger partial charge >= 0.3 is 0 Å². The van der Waals surface area contributed by atoms with Crippen molar-refractivity contribution in [2.24, 2.45) is 10.4 Å². The second kappa shape index (κ2) is 8.94. The molecule has 3 atom stereocenters. The van der Waals surface area contributed by atoms with E-state index in [0.29, 0.717) is 19.0 Å². The summed E-state index contributed by atoms with van der Waals surface area (Å²) in [5.74, 6) is 2.52. The fourth-order valence-electron chi connectivity index (χ4n) is 3.08. The summed E-state index contributed by atoms with van der Waals surface area (Å²) in [6.07, 6.45) is 4.82. The largest absolute Gasteiger partial charge is 0.392 e. The van der Waals surface area contributed by atoms with E-state index in [4.69, 9.17) is 0 Å². The van der Waals surface area contributed by atoms with Crippen LogP contribution in [0.2, 0.25) is 0 Å². The van der Waals surface area contributed by atoms with Gasteiger partial charge in [0.25, 0.3) is 0 Å². The highest BCUT2D eigenvalue weighted by atomic mass is 127. The molecule has 3 unspecified atom stereocenters. The minimum absolute atomic E-state index is 0. The van der Waals surface area contributed by atoms with Crippen molar-refractivity contribution in [3.8, 4) is 0 Å². The number of nitrogens with one attached hydrogen (secondary N) is 2. The zero-order chi connectivity index (χ0) is 15.3. The Bertz CT molecular complexity index is 378. The van der Waals surface area contributed by atoms with Crippen LogP contribution in [0.4, 0.5) is 0 Å². The van der Waals surface area contributed by atoms with E-state index in [1.54, 1.807) is 18.8 Å². The quantitative estimate of drug-likeness (QED) is 0.302. The number of halogens is 1. The summed E-state index contributed by atoms with van der Waals surface area (Å²) in [4.78, 5) is 4.22. The summed E-state index contributed by atoms with van der Waals surface area (Å²) < 4.78 is 0. The first-order valence-corrected chi connectivity index (χ1v) is 9.06. The molecular formula is C15H30IN3O2S. The van der Waals surface area contributed by atoms with Crippen molar-refractivity contribution in [3.63, 3.8) is 0 Å². The van der Waals surface area contributed by atoms with E-state index < -0.39 is 5.60 Å². The molecular weight excluding hydrogens is 413 g/mol. The summed E-state index contributed by atoms with van der Waals surface area (Å²) in [7, 11) is 1.74. The molecule has 0 spiro atoms. The lowest BCUT2D eigenvalue weighted by molar-refractivity contribution is 0.00387. The smallest absolute Gasteiger partial charge is 0.191 e. The fourth-order valence-corrected chi connectivity index (χ4v) is 4.37. The van der Waals surface area contributed by atoms with Crippen LogP contribution in [-0.4, -0.2) is 59.5 Å². The predicted octanol–water partition coefficient (Wildman–Crippen LogP) is 1.58. The topological polar surface area (TPSA) is 76.9 Å². The first-order valence-electron chi connectivity index (χ1n) is 7.90. The molecule has 1 saturated heterocycles. The van der Waals surface area contributed by atoms with Gasteiger partial charge in [-0.15, -0.1) is 24.0 Å². The van der Waals surface area contributed by atoms with Crippen LogP contribution in [0.5, 0.6) is 0 Å². The van der Waals surface area contributed by atoms with Gasteiger partial charge in [-0.2, -0.15) is 11.8 Å². The van der Waals surface area contributed by atoms with Crippen molar-refractivity contribution in [1.29, 1.82) is 0 Å². The molecule has 0 amide bonds. The molecule has 0 aromatic carbocycles. The van der Waals surface area contributed by atoms with Crippen LogP contribution in [-0.2, 0) is 0 Å². The lowest BCUT2D eigenvalue weighted by Gasteiger charge is -2.39. The van der Waals surface area contributed by atoms with Gasteiger partial charge < -0.3 is 20.8 Å². The van der Waals surface area contributed by atoms with Gasteiger partial charge in [0.2, 0.25) is 0 Å². The molecule has 22 heavy (non-hydrogen) atoms. The van der Waals surface area contributed by atoms with Crippen LogP contribution >= 0.6 is 35.7 Å². The Hall–Kier alpha value is 0.270. The lowest BCUT2D eigenvalue weighted by atomic mass is 9.73. The molecule has 1 aliphatic heterocycles. The highest BCUT2D eigenvalue weighted by Gasteiger charge is 2.36.